The number of carbonyl (C=O) groups is 2. The summed E-state index contributed by atoms with van der Waals surface area (Å²) < 4.78 is 29.9. The van der Waals surface area contributed by atoms with E-state index in [2.05, 4.69) is 21.2 Å². The lowest BCUT2D eigenvalue weighted by Gasteiger charge is -2.13. The minimum absolute atomic E-state index is 0.0142. The first-order valence-electron chi connectivity index (χ1n) is 8.18. The summed E-state index contributed by atoms with van der Waals surface area (Å²) in [6.07, 6.45) is 0.816. The number of hydrogen-bond donors (Lipinski definition) is 1. The van der Waals surface area contributed by atoms with Gasteiger partial charge < -0.3 is 19.5 Å². The zero-order chi connectivity index (χ0) is 19.8. The predicted octanol–water partition coefficient (Wildman–Crippen LogP) is 4.18. The maximum Gasteiger partial charge on any atom is 0.338 e. The molecular formula is C19H19BrFNO5. The van der Waals surface area contributed by atoms with Crippen molar-refractivity contribution in [2.45, 2.75) is 13.3 Å². The molecular weight excluding hydrogens is 421 g/mol. The maximum absolute atomic E-state index is 13.5. The van der Waals surface area contributed by atoms with Gasteiger partial charge in [-0.15, -0.1) is 0 Å². The Morgan fingerprint density at radius 2 is 1.96 bits per heavy atom. The smallest absolute Gasteiger partial charge is 0.338 e. The number of carbonyl (C=O) groups excluding carboxylic acids is 2. The molecule has 0 heterocycles. The second-order valence-corrected chi connectivity index (χ2v) is 6.30. The van der Waals surface area contributed by atoms with Crippen LogP contribution in [-0.2, 0) is 9.53 Å². The van der Waals surface area contributed by atoms with Gasteiger partial charge in [-0.25, -0.2) is 9.18 Å². The summed E-state index contributed by atoms with van der Waals surface area (Å²) in [4.78, 5) is 24.1. The maximum atomic E-state index is 13.5. The SMILES string of the molecule is CCCOc1c(Br)cc(C(=O)OCC(=O)Nc2ccccc2F)cc1OC. The van der Waals surface area contributed by atoms with Gasteiger partial charge in [-0.3, -0.25) is 4.79 Å². The number of rotatable bonds is 8. The Morgan fingerprint density at radius 1 is 1.22 bits per heavy atom. The first kappa shape index (κ1) is 20.7. The number of para-hydroxylation sites is 1. The van der Waals surface area contributed by atoms with E-state index in [1.807, 2.05) is 6.92 Å². The first-order valence-corrected chi connectivity index (χ1v) is 8.97. The number of anilines is 1. The summed E-state index contributed by atoms with van der Waals surface area (Å²) in [5, 5.41) is 2.34. The second kappa shape index (κ2) is 9.91. The van der Waals surface area contributed by atoms with E-state index < -0.39 is 24.3 Å². The van der Waals surface area contributed by atoms with Gasteiger partial charge in [0.05, 0.1) is 29.4 Å². The van der Waals surface area contributed by atoms with Crippen LogP contribution in [0.15, 0.2) is 40.9 Å². The van der Waals surface area contributed by atoms with Crippen molar-refractivity contribution in [3.05, 3.63) is 52.3 Å². The molecule has 144 valence electrons. The third kappa shape index (κ3) is 5.68. The van der Waals surface area contributed by atoms with Crippen LogP contribution in [0.2, 0.25) is 0 Å². The van der Waals surface area contributed by atoms with Crippen molar-refractivity contribution < 1.29 is 28.2 Å². The standard InChI is InChI=1S/C19H19BrFNO5/c1-3-8-26-18-13(20)9-12(10-16(18)25-2)19(24)27-11-17(23)22-15-7-5-4-6-14(15)21/h4-7,9-10H,3,8,11H2,1-2H3,(H,22,23). The predicted molar refractivity (Wildman–Crippen MR) is 102 cm³/mol. The Balaban J connectivity index is 2.02. The summed E-state index contributed by atoms with van der Waals surface area (Å²) in [6, 6.07) is 8.69. The van der Waals surface area contributed by atoms with Gasteiger partial charge in [-0.05, 0) is 46.6 Å². The van der Waals surface area contributed by atoms with E-state index >= 15 is 0 Å². The highest BCUT2D eigenvalue weighted by Crippen LogP contribution is 2.37. The number of benzene rings is 2. The summed E-state index contributed by atoms with van der Waals surface area (Å²) in [5.41, 5.74) is 0.196. The fourth-order valence-electron chi connectivity index (χ4n) is 2.15. The number of ether oxygens (including phenoxy) is 3. The van der Waals surface area contributed by atoms with Crippen LogP contribution >= 0.6 is 15.9 Å². The Bertz CT molecular complexity index is 828. The second-order valence-electron chi connectivity index (χ2n) is 5.44. The fourth-order valence-corrected chi connectivity index (χ4v) is 2.70. The van der Waals surface area contributed by atoms with Gasteiger partial charge in [0.2, 0.25) is 0 Å². The summed E-state index contributed by atoms with van der Waals surface area (Å²) in [6.45, 7) is 1.91. The molecule has 0 atom stereocenters. The van der Waals surface area contributed by atoms with Gasteiger partial charge in [0.25, 0.3) is 5.91 Å². The summed E-state index contributed by atoms with van der Waals surface area (Å²) >= 11 is 3.34. The van der Waals surface area contributed by atoms with E-state index in [4.69, 9.17) is 14.2 Å². The average molecular weight is 440 g/mol. The minimum atomic E-state index is -0.722. The van der Waals surface area contributed by atoms with E-state index in [1.165, 1.54) is 37.4 Å². The molecule has 6 nitrogen and oxygen atoms in total. The number of hydrogen-bond acceptors (Lipinski definition) is 5. The lowest BCUT2D eigenvalue weighted by Crippen LogP contribution is -2.21. The highest BCUT2D eigenvalue weighted by molar-refractivity contribution is 9.10. The molecule has 0 saturated heterocycles. The van der Waals surface area contributed by atoms with E-state index in [-0.39, 0.29) is 11.3 Å². The van der Waals surface area contributed by atoms with Gasteiger partial charge >= 0.3 is 5.97 Å². The lowest BCUT2D eigenvalue weighted by molar-refractivity contribution is -0.119. The molecule has 0 aliphatic carbocycles. The number of methoxy groups -OCH3 is 1. The number of halogens is 2. The van der Waals surface area contributed by atoms with Crippen LogP contribution in [0.25, 0.3) is 0 Å². The molecule has 0 aliphatic rings. The van der Waals surface area contributed by atoms with Gasteiger partial charge in [-0.2, -0.15) is 0 Å². The molecule has 1 N–H and O–H groups in total. The van der Waals surface area contributed by atoms with E-state index in [0.717, 1.165) is 6.42 Å². The molecule has 0 unspecified atom stereocenters. The number of amides is 1. The monoisotopic (exact) mass is 439 g/mol. The fraction of sp³-hybridized carbons (Fsp3) is 0.263. The minimum Gasteiger partial charge on any atom is -0.493 e. The zero-order valence-corrected chi connectivity index (χ0v) is 16.5. The van der Waals surface area contributed by atoms with Gasteiger partial charge in [0.1, 0.15) is 5.82 Å². The molecule has 0 aromatic heterocycles. The van der Waals surface area contributed by atoms with Crippen molar-refractivity contribution in [3.8, 4) is 11.5 Å². The molecule has 0 radical (unpaired) electrons. The van der Waals surface area contributed by atoms with Crippen molar-refractivity contribution in [2.24, 2.45) is 0 Å². The quantitative estimate of drug-likeness (QED) is 0.624. The van der Waals surface area contributed by atoms with Crippen LogP contribution in [0.4, 0.5) is 10.1 Å². The molecule has 2 aromatic rings. The Morgan fingerprint density at radius 3 is 2.63 bits per heavy atom. The molecule has 2 aromatic carbocycles. The Hall–Kier alpha value is -2.61. The van der Waals surface area contributed by atoms with E-state index in [0.29, 0.717) is 22.6 Å². The lowest BCUT2D eigenvalue weighted by atomic mass is 10.2. The molecule has 0 spiro atoms. The largest absolute Gasteiger partial charge is 0.493 e. The van der Waals surface area contributed by atoms with Crippen molar-refractivity contribution in [3.63, 3.8) is 0 Å². The first-order chi connectivity index (χ1) is 13.0. The van der Waals surface area contributed by atoms with Crippen LogP contribution < -0.4 is 14.8 Å². The molecule has 2 rings (SSSR count). The van der Waals surface area contributed by atoms with Crippen LogP contribution in [0.5, 0.6) is 11.5 Å². The highest BCUT2D eigenvalue weighted by atomic mass is 79.9. The molecule has 0 fully saturated rings. The molecule has 0 bridgehead atoms. The zero-order valence-electron chi connectivity index (χ0n) is 14.9. The van der Waals surface area contributed by atoms with Crippen LogP contribution in [-0.4, -0.2) is 32.2 Å². The van der Waals surface area contributed by atoms with E-state index in [9.17, 15) is 14.0 Å². The molecule has 27 heavy (non-hydrogen) atoms. The molecule has 0 aliphatic heterocycles. The highest BCUT2D eigenvalue weighted by Gasteiger charge is 2.17. The van der Waals surface area contributed by atoms with Crippen molar-refractivity contribution >= 4 is 33.5 Å². The molecule has 1 amide bonds. The van der Waals surface area contributed by atoms with Crippen molar-refractivity contribution in [2.75, 3.05) is 25.6 Å². The average Bonchev–Trinajstić information content (AvgIpc) is 2.66. The van der Waals surface area contributed by atoms with Gasteiger partial charge in [0.15, 0.2) is 18.1 Å². The summed E-state index contributed by atoms with van der Waals surface area (Å²) in [5.74, 6) is -1.11. The van der Waals surface area contributed by atoms with Crippen molar-refractivity contribution in [1.29, 1.82) is 0 Å². The van der Waals surface area contributed by atoms with Crippen LogP contribution in [0.1, 0.15) is 23.7 Å². The normalized spacial score (nSPS) is 10.2. The van der Waals surface area contributed by atoms with Gasteiger partial charge in [0, 0.05) is 0 Å². The Labute approximate surface area is 164 Å². The van der Waals surface area contributed by atoms with Crippen LogP contribution in [0.3, 0.4) is 0 Å². The summed E-state index contributed by atoms with van der Waals surface area (Å²) in [7, 11) is 1.46. The third-order valence-electron chi connectivity index (χ3n) is 3.40. The third-order valence-corrected chi connectivity index (χ3v) is 3.99. The van der Waals surface area contributed by atoms with Crippen molar-refractivity contribution in [1.82, 2.24) is 0 Å². The number of nitrogens with one attached hydrogen (secondary N) is 1. The Kier molecular flexibility index (Phi) is 7.60. The molecule has 0 saturated carbocycles. The van der Waals surface area contributed by atoms with E-state index in [1.54, 1.807) is 6.07 Å². The topological polar surface area (TPSA) is 73.9 Å². The van der Waals surface area contributed by atoms with Crippen LogP contribution in [0, 0.1) is 5.82 Å². The number of esters is 1. The van der Waals surface area contributed by atoms with Gasteiger partial charge in [-0.1, -0.05) is 19.1 Å². The molecule has 8 heteroatoms.